The molecule has 2 aromatic carbocycles. The number of hydrogen-bond acceptors (Lipinski definition) is 2. The highest BCUT2D eigenvalue weighted by atomic mass is 19.1. The first-order chi connectivity index (χ1) is 16.0. The van der Waals surface area contributed by atoms with Gasteiger partial charge in [-0.2, -0.15) is 0 Å². The molecule has 5 nitrogen and oxygen atoms in total. The lowest BCUT2D eigenvalue weighted by Crippen LogP contribution is -2.17. The van der Waals surface area contributed by atoms with Gasteiger partial charge in [-0.25, -0.2) is 13.8 Å². The number of aryl methyl sites for hydroxylation is 2. The fourth-order valence-electron chi connectivity index (χ4n) is 4.72. The molecule has 6 rings (SSSR count). The standard InChI is InChI=1S/C26H20F2N4O/c27-18-4-1-3-16(11-18)15-32-22-8-7-19(28)12-17(22)13-24(32)26(33)29-20-9-10-31-23-6-2-5-21(23)30-25(31)14-20/h1,3-4,7-14H,2,5-6,15H2,(H,29,33). The number of aromatic nitrogens is 3. The summed E-state index contributed by atoms with van der Waals surface area (Å²) in [5.74, 6) is -1.05. The Morgan fingerprint density at radius 2 is 1.88 bits per heavy atom. The lowest BCUT2D eigenvalue weighted by atomic mass is 10.2. The molecule has 3 aromatic heterocycles. The van der Waals surface area contributed by atoms with Gasteiger partial charge in [0.1, 0.15) is 23.0 Å². The molecule has 7 heteroatoms. The van der Waals surface area contributed by atoms with Crippen LogP contribution in [0.25, 0.3) is 16.6 Å². The fraction of sp³-hybridized carbons (Fsp3) is 0.154. The number of halogens is 2. The molecule has 164 valence electrons. The number of hydrogen-bond donors (Lipinski definition) is 1. The van der Waals surface area contributed by atoms with E-state index in [9.17, 15) is 13.6 Å². The molecule has 3 heterocycles. The van der Waals surface area contributed by atoms with Crippen molar-refractivity contribution in [1.29, 1.82) is 0 Å². The van der Waals surface area contributed by atoms with E-state index in [1.54, 1.807) is 28.8 Å². The van der Waals surface area contributed by atoms with Crippen molar-refractivity contribution >= 4 is 28.1 Å². The number of rotatable bonds is 4. The molecule has 33 heavy (non-hydrogen) atoms. The van der Waals surface area contributed by atoms with Crippen molar-refractivity contribution in [3.05, 3.63) is 101 Å². The van der Waals surface area contributed by atoms with E-state index >= 15 is 0 Å². The van der Waals surface area contributed by atoms with Gasteiger partial charge in [-0.1, -0.05) is 12.1 Å². The van der Waals surface area contributed by atoms with Gasteiger partial charge in [-0.15, -0.1) is 0 Å². The SMILES string of the molecule is O=C(Nc1ccn2c3c(nc2c1)CCC3)c1cc2cc(F)ccc2n1Cc1cccc(F)c1. The Labute approximate surface area is 188 Å². The zero-order valence-corrected chi connectivity index (χ0v) is 17.7. The Kier molecular flexibility index (Phi) is 4.50. The van der Waals surface area contributed by atoms with Gasteiger partial charge in [0.15, 0.2) is 0 Å². The fourth-order valence-corrected chi connectivity index (χ4v) is 4.72. The largest absolute Gasteiger partial charge is 0.332 e. The number of benzene rings is 2. The van der Waals surface area contributed by atoms with Gasteiger partial charge < -0.3 is 14.3 Å². The Morgan fingerprint density at radius 3 is 2.76 bits per heavy atom. The first-order valence-electron chi connectivity index (χ1n) is 10.9. The first-order valence-corrected chi connectivity index (χ1v) is 10.9. The van der Waals surface area contributed by atoms with E-state index in [1.807, 2.05) is 18.3 Å². The summed E-state index contributed by atoms with van der Waals surface area (Å²) >= 11 is 0. The molecule has 0 atom stereocenters. The van der Waals surface area contributed by atoms with Crippen LogP contribution < -0.4 is 5.32 Å². The van der Waals surface area contributed by atoms with Crippen LogP contribution in [0.15, 0.2) is 66.9 Å². The van der Waals surface area contributed by atoms with Crippen molar-refractivity contribution in [3.63, 3.8) is 0 Å². The number of nitrogens with one attached hydrogen (secondary N) is 1. The summed E-state index contributed by atoms with van der Waals surface area (Å²) in [6.45, 7) is 0.279. The third-order valence-corrected chi connectivity index (χ3v) is 6.22. The molecule has 1 aliphatic carbocycles. The van der Waals surface area contributed by atoms with E-state index in [1.165, 1.54) is 30.0 Å². The number of imidazole rings is 1. The Hall–Kier alpha value is -4.00. The summed E-state index contributed by atoms with van der Waals surface area (Å²) in [6, 6.07) is 16.0. The normalized spacial score (nSPS) is 13.0. The second-order valence-corrected chi connectivity index (χ2v) is 8.41. The molecule has 0 unspecified atom stereocenters. The van der Waals surface area contributed by atoms with E-state index in [0.717, 1.165) is 30.6 Å². The van der Waals surface area contributed by atoms with Crippen molar-refractivity contribution in [2.24, 2.45) is 0 Å². The minimum absolute atomic E-state index is 0.279. The van der Waals surface area contributed by atoms with Gasteiger partial charge in [0.2, 0.25) is 0 Å². The van der Waals surface area contributed by atoms with Gasteiger partial charge in [0.05, 0.1) is 5.69 Å². The van der Waals surface area contributed by atoms with Crippen LogP contribution in [0.1, 0.15) is 33.9 Å². The van der Waals surface area contributed by atoms with Crippen LogP contribution in [-0.4, -0.2) is 19.9 Å². The van der Waals surface area contributed by atoms with Crippen LogP contribution in [0.3, 0.4) is 0 Å². The van der Waals surface area contributed by atoms with Gasteiger partial charge in [0, 0.05) is 41.1 Å². The third kappa shape index (κ3) is 3.46. The maximum absolute atomic E-state index is 13.9. The van der Waals surface area contributed by atoms with Crippen LogP contribution in [0.2, 0.25) is 0 Å². The predicted molar refractivity (Wildman–Crippen MR) is 123 cm³/mol. The van der Waals surface area contributed by atoms with Crippen LogP contribution in [0.4, 0.5) is 14.5 Å². The Bertz CT molecular complexity index is 1550. The number of amides is 1. The van der Waals surface area contributed by atoms with E-state index in [0.29, 0.717) is 27.8 Å². The molecule has 1 aliphatic rings. The van der Waals surface area contributed by atoms with E-state index in [4.69, 9.17) is 0 Å². The molecule has 1 N–H and O–H groups in total. The van der Waals surface area contributed by atoms with E-state index in [2.05, 4.69) is 14.7 Å². The highest BCUT2D eigenvalue weighted by molar-refractivity contribution is 6.06. The number of carbonyl (C=O) groups excluding carboxylic acids is 1. The molecule has 0 fully saturated rings. The lowest BCUT2D eigenvalue weighted by molar-refractivity contribution is 0.101. The number of carbonyl (C=O) groups is 1. The molecule has 0 bridgehead atoms. The summed E-state index contributed by atoms with van der Waals surface area (Å²) < 4.78 is 31.5. The van der Waals surface area contributed by atoms with Crippen LogP contribution >= 0.6 is 0 Å². The van der Waals surface area contributed by atoms with Crippen LogP contribution in [0.5, 0.6) is 0 Å². The molecule has 0 radical (unpaired) electrons. The maximum Gasteiger partial charge on any atom is 0.272 e. The number of pyridine rings is 1. The highest BCUT2D eigenvalue weighted by Gasteiger charge is 2.20. The number of nitrogens with zero attached hydrogens (tertiary/aromatic N) is 3. The van der Waals surface area contributed by atoms with Crippen molar-refractivity contribution in [2.45, 2.75) is 25.8 Å². The molecule has 0 saturated carbocycles. The summed E-state index contributed by atoms with van der Waals surface area (Å²) in [5, 5.41) is 3.56. The van der Waals surface area contributed by atoms with Gasteiger partial charge >= 0.3 is 0 Å². The molecular weight excluding hydrogens is 422 g/mol. The maximum atomic E-state index is 13.9. The Morgan fingerprint density at radius 1 is 1.00 bits per heavy atom. The molecule has 0 aliphatic heterocycles. The predicted octanol–water partition coefficient (Wildman–Crippen LogP) is 5.36. The average Bonchev–Trinajstić information content (AvgIpc) is 3.46. The summed E-state index contributed by atoms with van der Waals surface area (Å²) in [6.07, 6.45) is 5.05. The molecular formula is C26H20F2N4O. The number of fused-ring (bicyclic) bond motifs is 4. The third-order valence-electron chi connectivity index (χ3n) is 6.22. The topological polar surface area (TPSA) is 51.3 Å². The van der Waals surface area contributed by atoms with Crippen molar-refractivity contribution in [2.75, 3.05) is 5.32 Å². The average molecular weight is 442 g/mol. The Balaban J connectivity index is 1.37. The van der Waals surface area contributed by atoms with Crippen LogP contribution in [-0.2, 0) is 19.4 Å². The summed E-state index contributed by atoms with van der Waals surface area (Å²) in [7, 11) is 0. The van der Waals surface area contributed by atoms with Gasteiger partial charge in [-0.05, 0) is 67.3 Å². The van der Waals surface area contributed by atoms with Crippen LogP contribution in [0, 0.1) is 11.6 Å². The second kappa shape index (κ2) is 7.55. The quantitative estimate of drug-likeness (QED) is 0.408. The van der Waals surface area contributed by atoms with E-state index in [-0.39, 0.29) is 24.1 Å². The minimum Gasteiger partial charge on any atom is -0.332 e. The monoisotopic (exact) mass is 442 g/mol. The van der Waals surface area contributed by atoms with E-state index < -0.39 is 0 Å². The zero-order valence-electron chi connectivity index (χ0n) is 17.7. The molecule has 0 saturated heterocycles. The summed E-state index contributed by atoms with van der Waals surface area (Å²) in [5.41, 5.74) is 5.57. The molecule has 1 amide bonds. The first kappa shape index (κ1) is 19.7. The van der Waals surface area contributed by atoms with Gasteiger partial charge in [-0.3, -0.25) is 4.79 Å². The minimum atomic E-state index is -0.379. The highest BCUT2D eigenvalue weighted by Crippen LogP contribution is 2.26. The number of anilines is 1. The smallest absolute Gasteiger partial charge is 0.272 e. The second-order valence-electron chi connectivity index (χ2n) is 8.41. The molecule has 5 aromatic rings. The van der Waals surface area contributed by atoms with Crippen molar-refractivity contribution in [1.82, 2.24) is 14.0 Å². The van der Waals surface area contributed by atoms with Gasteiger partial charge in [0.25, 0.3) is 5.91 Å². The van der Waals surface area contributed by atoms with Crippen molar-refractivity contribution in [3.8, 4) is 0 Å². The summed E-state index contributed by atoms with van der Waals surface area (Å²) in [4.78, 5) is 18.0. The zero-order chi connectivity index (χ0) is 22.5. The lowest BCUT2D eigenvalue weighted by Gasteiger charge is -2.12. The van der Waals surface area contributed by atoms with Crippen molar-refractivity contribution < 1.29 is 13.6 Å². The molecule has 0 spiro atoms.